The Hall–Kier alpha value is -4.17. The monoisotopic (exact) mass is 600 g/mol. The first-order valence-electron chi connectivity index (χ1n) is 15.0. The molecule has 0 amide bonds. The number of benzene rings is 2. The molecule has 3 aliphatic carbocycles. The highest BCUT2D eigenvalue weighted by molar-refractivity contribution is 6.24. The van der Waals surface area contributed by atoms with Crippen LogP contribution in [-0.4, -0.2) is 50.5 Å². The van der Waals surface area contributed by atoms with Crippen molar-refractivity contribution >= 4 is 29.2 Å². The normalized spacial score (nSPS) is 28.3. The summed E-state index contributed by atoms with van der Waals surface area (Å²) < 4.78 is 5.15. The van der Waals surface area contributed by atoms with Crippen molar-refractivity contribution in [3.8, 4) is 16.9 Å². The van der Waals surface area contributed by atoms with E-state index >= 15 is 0 Å². The number of phenolic OH excluding ortho intramolecular Hbond substituents is 1. The van der Waals surface area contributed by atoms with Crippen LogP contribution in [0.25, 0.3) is 23.0 Å². The molecule has 2 aromatic carbocycles. The van der Waals surface area contributed by atoms with Gasteiger partial charge in [-0.15, -0.1) is 0 Å². The summed E-state index contributed by atoms with van der Waals surface area (Å²) in [5, 5.41) is 46.4. The number of ketones is 3. The molecular formula is C36H40O8. The Morgan fingerprint density at radius 2 is 1.80 bits per heavy atom. The van der Waals surface area contributed by atoms with Crippen LogP contribution < -0.4 is 0 Å². The quantitative estimate of drug-likeness (QED) is 0.232. The van der Waals surface area contributed by atoms with E-state index in [1.165, 1.54) is 6.07 Å². The molecule has 8 heteroatoms. The summed E-state index contributed by atoms with van der Waals surface area (Å²) in [4.78, 5) is 40.8. The van der Waals surface area contributed by atoms with E-state index in [9.17, 15) is 34.8 Å². The molecule has 1 saturated carbocycles. The van der Waals surface area contributed by atoms with Gasteiger partial charge in [0.2, 0.25) is 5.78 Å². The SMILES string of the molecule is CCc1ccc(-c2ccc(O)c3c2C[C@]2(C)C[C@]4(C)C(C(C)C)C(=O)C(C(C)=O)=C(O)[C@]4(O)C(=O)C2=C3O)cc1/C=C/OC. The van der Waals surface area contributed by atoms with Crippen LogP contribution in [0.2, 0.25) is 0 Å². The number of carbonyl (C=O) groups excluding carboxylic acids is 3. The van der Waals surface area contributed by atoms with E-state index < -0.39 is 56.8 Å². The first-order valence-corrected chi connectivity index (χ1v) is 15.0. The van der Waals surface area contributed by atoms with Gasteiger partial charge in [0.15, 0.2) is 17.2 Å². The van der Waals surface area contributed by atoms with Gasteiger partial charge in [0.1, 0.15) is 22.8 Å². The molecule has 0 aromatic heterocycles. The number of aryl methyl sites for hydroxylation is 1. The third-order valence-electron chi connectivity index (χ3n) is 10.1. The summed E-state index contributed by atoms with van der Waals surface area (Å²) in [5.74, 6) is -5.39. The lowest BCUT2D eigenvalue weighted by Crippen LogP contribution is -2.69. The predicted molar refractivity (Wildman–Crippen MR) is 167 cm³/mol. The molecule has 232 valence electrons. The molecule has 0 radical (unpaired) electrons. The zero-order valence-corrected chi connectivity index (χ0v) is 26.2. The number of hydrogen-bond acceptors (Lipinski definition) is 8. The van der Waals surface area contributed by atoms with Crippen LogP contribution in [0.5, 0.6) is 5.75 Å². The minimum absolute atomic E-state index is 0.0383. The molecule has 1 fully saturated rings. The maximum Gasteiger partial charge on any atom is 0.203 e. The van der Waals surface area contributed by atoms with Gasteiger partial charge in [-0.25, -0.2) is 0 Å². The number of ether oxygens (including phenoxy) is 1. The zero-order valence-electron chi connectivity index (χ0n) is 26.2. The van der Waals surface area contributed by atoms with E-state index in [4.69, 9.17) is 4.74 Å². The van der Waals surface area contributed by atoms with Crippen LogP contribution in [-0.2, 0) is 32.0 Å². The molecule has 4 atom stereocenters. The van der Waals surface area contributed by atoms with Crippen LogP contribution in [0.3, 0.4) is 0 Å². The molecule has 0 aliphatic heterocycles. The first kappa shape index (κ1) is 31.3. The number of aromatic hydroxyl groups is 1. The maximum atomic E-state index is 14.5. The van der Waals surface area contributed by atoms with Gasteiger partial charge >= 0.3 is 0 Å². The Morgan fingerprint density at radius 3 is 2.39 bits per heavy atom. The van der Waals surface area contributed by atoms with Crippen molar-refractivity contribution in [2.24, 2.45) is 22.7 Å². The summed E-state index contributed by atoms with van der Waals surface area (Å²) >= 11 is 0. The van der Waals surface area contributed by atoms with Crippen molar-refractivity contribution in [1.29, 1.82) is 0 Å². The van der Waals surface area contributed by atoms with E-state index in [0.29, 0.717) is 5.56 Å². The number of aliphatic hydroxyl groups excluding tert-OH is 2. The second kappa shape index (κ2) is 10.5. The average Bonchev–Trinajstić information content (AvgIpc) is 2.93. The summed E-state index contributed by atoms with van der Waals surface area (Å²) in [7, 11) is 1.57. The Morgan fingerprint density at radius 1 is 1.11 bits per heavy atom. The van der Waals surface area contributed by atoms with Crippen LogP contribution in [0.4, 0.5) is 0 Å². The molecule has 44 heavy (non-hydrogen) atoms. The molecule has 2 aromatic rings. The predicted octanol–water partition coefficient (Wildman–Crippen LogP) is 6.04. The highest BCUT2D eigenvalue weighted by atomic mass is 16.5. The first-order chi connectivity index (χ1) is 20.6. The number of allylic oxidation sites excluding steroid dienone is 1. The van der Waals surface area contributed by atoms with Crippen molar-refractivity contribution in [2.75, 3.05) is 7.11 Å². The number of phenols is 1. The largest absolute Gasteiger partial charge is 0.508 e. The van der Waals surface area contributed by atoms with Gasteiger partial charge in [0.25, 0.3) is 0 Å². The molecule has 0 bridgehead atoms. The van der Waals surface area contributed by atoms with Gasteiger partial charge in [-0.2, -0.15) is 0 Å². The van der Waals surface area contributed by atoms with Crippen molar-refractivity contribution in [3.05, 3.63) is 75.8 Å². The van der Waals surface area contributed by atoms with Crippen LogP contribution in [0, 0.1) is 22.7 Å². The van der Waals surface area contributed by atoms with Crippen LogP contribution in [0.1, 0.15) is 70.2 Å². The van der Waals surface area contributed by atoms with Crippen molar-refractivity contribution in [1.82, 2.24) is 0 Å². The Kier molecular flexibility index (Phi) is 7.44. The molecule has 0 heterocycles. The second-order valence-corrected chi connectivity index (χ2v) is 13.3. The van der Waals surface area contributed by atoms with E-state index in [-0.39, 0.29) is 35.6 Å². The number of hydrogen-bond donors (Lipinski definition) is 4. The molecule has 8 nitrogen and oxygen atoms in total. The highest BCUT2D eigenvalue weighted by Gasteiger charge is 2.72. The van der Waals surface area contributed by atoms with Crippen molar-refractivity contribution < 1.29 is 39.5 Å². The smallest absolute Gasteiger partial charge is 0.203 e. The third kappa shape index (κ3) is 4.10. The Balaban J connectivity index is 1.79. The van der Waals surface area contributed by atoms with Gasteiger partial charge in [-0.05, 0) is 78.1 Å². The maximum absolute atomic E-state index is 14.5. The Bertz CT molecular complexity index is 1710. The fourth-order valence-corrected chi connectivity index (χ4v) is 8.37. The van der Waals surface area contributed by atoms with E-state index in [2.05, 4.69) is 6.92 Å². The number of aliphatic hydroxyl groups is 3. The van der Waals surface area contributed by atoms with Crippen molar-refractivity contribution in [3.63, 3.8) is 0 Å². The fraction of sp³-hybridized carbons (Fsp3) is 0.417. The molecule has 0 spiro atoms. The standard InChI is InChI=1S/C36H40O8/c1-8-20-9-10-22(15-21(20)13-14-44-7)23-11-12-25(38)27-24(23)16-34(5)17-35(6)28(18(2)3)30(39)26(19(4)37)32(41)36(35,43)33(42)29(34)31(27)40/h9-15,18,28,38,40-41,43H,8,16-17H2,1-7H3/b14-13+/t28?,34-,35-,36+/m1/s1. The van der Waals surface area contributed by atoms with Gasteiger partial charge in [0, 0.05) is 22.3 Å². The third-order valence-corrected chi connectivity index (χ3v) is 10.1. The van der Waals surface area contributed by atoms with E-state index in [0.717, 1.165) is 35.6 Å². The summed E-state index contributed by atoms with van der Waals surface area (Å²) in [5.41, 5.74) is -1.64. The molecule has 4 N–H and O–H groups in total. The topological polar surface area (TPSA) is 141 Å². The summed E-state index contributed by atoms with van der Waals surface area (Å²) in [6.07, 6.45) is 4.50. The zero-order chi connectivity index (χ0) is 32.5. The summed E-state index contributed by atoms with van der Waals surface area (Å²) in [6, 6.07) is 9.23. The molecular weight excluding hydrogens is 560 g/mol. The van der Waals surface area contributed by atoms with E-state index in [1.54, 1.807) is 47.1 Å². The van der Waals surface area contributed by atoms with Crippen LogP contribution >= 0.6 is 0 Å². The van der Waals surface area contributed by atoms with Gasteiger partial charge in [-0.3, -0.25) is 14.4 Å². The minimum Gasteiger partial charge on any atom is -0.508 e. The van der Waals surface area contributed by atoms with Gasteiger partial charge < -0.3 is 25.2 Å². The number of carbonyl (C=O) groups is 3. The van der Waals surface area contributed by atoms with Crippen LogP contribution in [0.15, 0.2) is 53.5 Å². The lowest BCUT2D eigenvalue weighted by molar-refractivity contribution is -0.178. The van der Waals surface area contributed by atoms with E-state index in [1.807, 2.05) is 24.3 Å². The van der Waals surface area contributed by atoms with Crippen molar-refractivity contribution in [2.45, 2.75) is 66.4 Å². The fourth-order valence-electron chi connectivity index (χ4n) is 8.37. The van der Waals surface area contributed by atoms with Gasteiger partial charge in [-0.1, -0.05) is 52.8 Å². The molecule has 5 rings (SSSR count). The summed E-state index contributed by atoms with van der Waals surface area (Å²) in [6.45, 7) is 10.1. The minimum atomic E-state index is -2.64. The average molecular weight is 601 g/mol. The molecule has 3 aliphatic rings. The molecule has 0 saturated heterocycles. The number of methoxy groups -OCH3 is 1. The number of Topliss-reactive ketones (excluding diaryl/α,β-unsaturated/α-hetero) is 3. The lowest BCUT2D eigenvalue weighted by atomic mass is 9.43. The van der Waals surface area contributed by atoms with Gasteiger partial charge in [0.05, 0.1) is 18.9 Å². The number of fused-ring (bicyclic) bond motifs is 3. The second-order valence-electron chi connectivity index (χ2n) is 13.3. The lowest BCUT2D eigenvalue weighted by Gasteiger charge is -2.59. The highest BCUT2D eigenvalue weighted by Crippen LogP contribution is 2.65. The number of rotatable bonds is 6. The Labute approximate surface area is 257 Å². The molecule has 1 unspecified atom stereocenters.